The summed E-state index contributed by atoms with van der Waals surface area (Å²) < 4.78 is 16.6. The molecule has 0 aliphatic carbocycles. The number of carbonyl (C=O) groups is 3. The zero-order valence-corrected chi connectivity index (χ0v) is 19.5. The molecule has 1 heterocycles. The summed E-state index contributed by atoms with van der Waals surface area (Å²) in [6, 6.07) is 14.3. The number of esters is 2. The largest absolute Gasteiger partial charge is 0.458 e. The second-order valence-electron chi connectivity index (χ2n) is 7.68. The van der Waals surface area contributed by atoms with Gasteiger partial charge >= 0.3 is 11.9 Å². The van der Waals surface area contributed by atoms with Gasteiger partial charge in [-0.2, -0.15) is 0 Å². The minimum Gasteiger partial charge on any atom is -0.458 e. The zero-order valence-electron chi connectivity index (χ0n) is 19.5. The van der Waals surface area contributed by atoms with E-state index in [1.165, 1.54) is 13.1 Å². The molecule has 1 N–H and O–H groups in total. The molecule has 1 aliphatic rings. The highest BCUT2D eigenvalue weighted by molar-refractivity contribution is 5.95. The highest BCUT2D eigenvalue weighted by atomic mass is 16.6. The normalized spacial score (nSPS) is 16.9. The van der Waals surface area contributed by atoms with Crippen molar-refractivity contribution < 1.29 is 28.6 Å². The molecule has 2 aromatic carbocycles. The predicted molar refractivity (Wildman–Crippen MR) is 130 cm³/mol. The van der Waals surface area contributed by atoms with E-state index in [1.54, 1.807) is 24.3 Å². The second-order valence-corrected chi connectivity index (χ2v) is 7.68. The van der Waals surface area contributed by atoms with E-state index in [2.05, 4.69) is 17.2 Å². The topological polar surface area (TPSA) is 90.9 Å². The van der Waals surface area contributed by atoms with Gasteiger partial charge in [0.15, 0.2) is 0 Å². The third kappa shape index (κ3) is 8.61. The average molecular weight is 474 g/mol. The Morgan fingerprint density at radius 1 is 1.14 bits per heavy atom. The lowest BCUT2D eigenvalue weighted by Crippen LogP contribution is -2.22. The van der Waals surface area contributed by atoms with E-state index in [9.17, 15) is 14.4 Å². The highest BCUT2D eigenvalue weighted by Gasteiger charge is 2.23. The minimum atomic E-state index is -0.581. The molecule has 2 aromatic rings. The van der Waals surface area contributed by atoms with Gasteiger partial charge in [0.05, 0.1) is 13.2 Å². The van der Waals surface area contributed by atoms with Gasteiger partial charge in [-0.1, -0.05) is 54.5 Å². The molecule has 1 atom stereocenters. The maximum absolute atomic E-state index is 13.1. The summed E-state index contributed by atoms with van der Waals surface area (Å²) in [4.78, 5) is 36.6. The Labute approximate surface area is 204 Å². The smallest absolute Gasteiger partial charge is 0.342 e. The van der Waals surface area contributed by atoms with Gasteiger partial charge in [0, 0.05) is 37.4 Å². The standard InChI is InChI=1S/C28H27NO6/c1-21(30)34-25-14-7-12-23-11-5-6-19-33-20-17-24(35-28(32)27(23)25)13-8-18-29-26(31)16-15-22-9-3-2-4-10-22/h2-10,12,14,18,24H,11,13,17,19-20H2,1H3,(H,29,31)/b6-5-,18-8+/t24-/m0/s1. The Hall–Kier alpha value is -4.15. The van der Waals surface area contributed by atoms with Crippen LogP contribution in [0.4, 0.5) is 0 Å². The molecule has 1 aliphatic heterocycles. The number of benzene rings is 2. The van der Waals surface area contributed by atoms with Crippen molar-refractivity contribution in [2.24, 2.45) is 0 Å². The van der Waals surface area contributed by atoms with E-state index >= 15 is 0 Å². The molecular weight excluding hydrogens is 446 g/mol. The number of allylic oxidation sites excluding steroid dienone is 1. The van der Waals surface area contributed by atoms with E-state index < -0.39 is 23.9 Å². The minimum absolute atomic E-state index is 0.167. The van der Waals surface area contributed by atoms with E-state index in [0.29, 0.717) is 38.0 Å². The van der Waals surface area contributed by atoms with E-state index in [4.69, 9.17) is 14.2 Å². The van der Waals surface area contributed by atoms with Crippen LogP contribution in [0, 0.1) is 11.8 Å². The first-order valence-electron chi connectivity index (χ1n) is 11.3. The number of amides is 1. The lowest BCUT2D eigenvalue weighted by atomic mass is 10.0. The molecule has 1 amide bonds. The molecule has 0 unspecified atom stereocenters. The first-order chi connectivity index (χ1) is 17.0. The first kappa shape index (κ1) is 25.5. The molecule has 35 heavy (non-hydrogen) atoms. The fraction of sp³-hybridized carbons (Fsp3) is 0.250. The van der Waals surface area contributed by atoms with Gasteiger partial charge in [-0.3, -0.25) is 9.59 Å². The van der Waals surface area contributed by atoms with Crippen LogP contribution in [0.15, 0.2) is 73.0 Å². The Balaban J connectivity index is 1.67. The number of rotatable bonds is 4. The third-order valence-corrected chi connectivity index (χ3v) is 4.97. The van der Waals surface area contributed by atoms with Crippen molar-refractivity contribution in [1.29, 1.82) is 0 Å². The molecule has 0 bridgehead atoms. The van der Waals surface area contributed by atoms with Gasteiger partial charge in [0.25, 0.3) is 5.91 Å². The molecule has 0 saturated carbocycles. The summed E-state index contributed by atoms with van der Waals surface area (Å²) in [6.07, 6.45) is 7.72. The van der Waals surface area contributed by atoms with Crippen LogP contribution in [0.25, 0.3) is 0 Å². The van der Waals surface area contributed by atoms with Crippen LogP contribution < -0.4 is 10.1 Å². The second kappa shape index (κ2) is 13.5. The van der Waals surface area contributed by atoms with Crippen LogP contribution in [-0.2, 0) is 25.5 Å². The molecular formula is C28H27NO6. The number of cyclic esters (lactones) is 1. The zero-order chi connectivity index (χ0) is 24.9. The maximum Gasteiger partial charge on any atom is 0.342 e. The molecule has 0 saturated heterocycles. The van der Waals surface area contributed by atoms with Crippen LogP contribution in [0.1, 0.15) is 41.3 Å². The Kier molecular flexibility index (Phi) is 9.85. The number of nitrogens with one attached hydrogen (secondary N) is 1. The summed E-state index contributed by atoms with van der Waals surface area (Å²) in [5.41, 5.74) is 1.66. The van der Waals surface area contributed by atoms with Crippen LogP contribution in [0.5, 0.6) is 5.75 Å². The molecule has 0 aromatic heterocycles. The van der Waals surface area contributed by atoms with Crippen molar-refractivity contribution in [2.75, 3.05) is 13.2 Å². The van der Waals surface area contributed by atoms with Gasteiger partial charge in [-0.05, 0) is 30.2 Å². The number of hydrogen-bond donors (Lipinski definition) is 1. The quantitative estimate of drug-likeness (QED) is 0.315. The maximum atomic E-state index is 13.1. The summed E-state index contributed by atoms with van der Waals surface area (Å²) in [5, 5.41) is 2.59. The van der Waals surface area contributed by atoms with Crippen molar-refractivity contribution in [3.8, 4) is 17.6 Å². The SMILES string of the molecule is CC(=O)Oc1cccc2c1C(=O)O[C@@H](C/C=C/NC(=O)C#Cc1ccccc1)CCOC/C=C\C2. The number of hydrogen-bond acceptors (Lipinski definition) is 6. The summed E-state index contributed by atoms with van der Waals surface area (Å²) >= 11 is 0. The van der Waals surface area contributed by atoms with Crippen LogP contribution >= 0.6 is 0 Å². The van der Waals surface area contributed by atoms with Gasteiger partial charge < -0.3 is 19.5 Å². The van der Waals surface area contributed by atoms with Gasteiger partial charge in [0.1, 0.15) is 17.4 Å². The molecule has 3 rings (SSSR count). The van der Waals surface area contributed by atoms with Crippen LogP contribution in [0.2, 0.25) is 0 Å². The first-order valence-corrected chi connectivity index (χ1v) is 11.3. The van der Waals surface area contributed by atoms with Crippen molar-refractivity contribution in [1.82, 2.24) is 5.32 Å². The van der Waals surface area contributed by atoms with E-state index in [0.717, 1.165) is 5.56 Å². The monoisotopic (exact) mass is 473 g/mol. The van der Waals surface area contributed by atoms with Gasteiger partial charge in [-0.15, -0.1) is 0 Å². The molecule has 0 fully saturated rings. The van der Waals surface area contributed by atoms with E-state index in [-0.39, 0.29) is 11.3 Å². The molecule has 180 valence electrons. The van der Waals surface area contributed by atoms with Crippen LogP contribution in [0.3, 0.4) is 0 Å². The molecule has 0 spiro atoms. The predicted octanol–water partition coefficient (Wildman–Crippen LogP) is 3.73. The summed E-state index contributed by atoms with van der Waals surface area (Å²) in [6.45, 7) is 2.11. The summed E-state index contributed by atoms with van der Waals surface area (Å²) in [7, 11) is 0. The van der Waals surface area contributed by atoms with Gasteiger partial charge in [-0.25, -0.2) is 4.79 Å². The van der Waals surface area contributed by atoms with Crippen molar-refractivity contribution >= 4 is 17.8 Å². The number of ether oxygens (including phenoxy) is 3. The number of fused-ring (bicyclic) bond motifs is 1. The number of carbonyl (C=O) groups excluding carboxylic acids is 3. The average Bonchev–Trinajstić information content (AvgIpc) is 2.84. The Morgan fingerprint density at radius 3 is 2.77 bits per heavy atom. The van der Waals surface area contributed by atoms with Crippen molar-refractivity contribution in [3.63, 3.8) is 0 Å². The third-order valence-electron chi connectivity index (χ3n) is 4.97. The van der Waals surface area contributed by atoms with Crippen LogP contribution in [-0.4, -0.2) is 37.2 Å². The fourth-order valence-electron chi connectivity index (χ4n) is 3.34. The van der Waals surface area contributed by atoms with Gasteiger partial charge in [0.2, 0.25) is 0 Å². The molecule has 7 nitrogen and oxygen atoms in total. The fourth-order valence-corrected chi connectivity index (χ4v) is 3.34. The lowest BCUT2D eigenvalue weighted by molar-refractivity contribution is -0.131. The highest BCUT2D eigenvalue weighted by Crippen LogP contribution is 2.26. The van der Waals surface area contributed by atoms with E-state index in [1.807, 2.05) is 42.5 Å². The van der Waals surface area contributed by atoms with Crippen molar-refractivity contribution in [2.45, 2.75) is 32.3 Å². The Morgan fingerprint density at radius 2 is 1.97 bits per heavy atom. The summed E-state index contributed by atoms with van der Waals surface area (Å²) in [5.74, 6) is 3.92. The molecule has 7 heteroatoms. The molecule has 0 radical (unpaired) electrons. The van der Waals surface area contributed by atoms with Crippen molar-refractivity contribution in [3.05, 3.63) is 89.6 Å². The lowest BCUT2D eigenvalue weighted by Gasteiger charge is -2.19. The Bertz CT molecular complexity index is 1160.